The van der Waals surface area contributed by atoms with Crippen LogP contribution in [0.4, 0.5) is 0 Å². The molecule has 6 nitrogen and oxygen atoms in total. The van der Waals surface area contributed by atoms with Gasteiger partial charge in [0.25, 0.3) is 0 Å². The fraction of sp³-hybridized carbons (Fsp3) is 0.588. The van der Waals surface area contributed by atoms with E-state index >= 15 is 0 Å². The van der Waals surface area contributed by atoms with E-state index in [1.807, 2.05) is 17.0 Å². The summed E-state index contributed by atoms with van der Waals surface area (Å²) in [6.07, 6.45) is 6.36. The smallest absolute Gasteiger partial charge is 0.226 e. The monoisotopic (exact) mass is 314 g/mol. The highest BCUT2D eigenvalue weighted by molar-refractivity contribution is 5.83. The maximum atomic E-state index is 12.6. The predicted molar refractivity (Wildman–Crippen MR) is 83.8 cm³/mol. The van der Waals surface area contributed by atoms with E-state index < -0.39 is 0 Å². The van der Waals surface area contributed by atoms with Gasteiger partial charge >= 0.3 is 0 Å². The second-order valence-corrected chi connectivity index (χ2v) is 6.54. The molecular formula is C17H22N4O2. The van der Waals surface area contributed by atoms with Gasteiger partial charge in [-0.3, -0.25) is 4.79 Å². The van der Waals surface area contributed by atoms with E-state index in [4.69, 9.17) is 4.42 Å². The van der Waals surface area contributed by atoms with Crippen molar-refractivity contribution in [3.8, 4) is 0 Å². The van der Waals surface area contributed by atoms with Gasteiger partial charge in [0.1, 0.15) is 17.9 Å². The number of carbonyl (C=O) groups is 1. The van der Waals surface area contributed by atoms with Crippen molar-refractivity contribution >= 4 is 5.91 Å². The number of amides is 1. The minimum absolute atomic E-state index is 0.122. The summed E-state index contributed by atoms with van der Waals surface area (Å²) in [6, 6.07) is 3.87. The Morgan fingerprint density at radius 2 is 2.22 bits per heavy atom. The van der Waals surface area contributed by atoms with Crippen LogP contribution >= 0.6 is 0 Å². The highest BCUT2D eigenvalue weighted by atomic mass is 16.3. The van der Waals surface area contributed by atoms with Gasteiger partial charge in [-0.05, 0) is 38.3 Å². The van der Waals surface area contributed by atoms with Crippen molar-refractivity contribution in [2.45, 2.75) is 44.6 Å². The second-order valence-electron chi connectivity index (χ2n) is 6.54. The van der Waals surface area contributed by atoms with Crippen LogP contribution in [0.15, 0.2) is 29.1 Å². The molecule has 0 aromatic carbocycles. The summed E-state index contributed by atoms with van der Waals surface area (Å²) in [4.78, 5) is 14.7. The van der Waals surface area contributed by atoms with Gasteiger partial charge in [-0.1, -0.05) is 0 Å². The molecule has 2 fully saturated rings. The molecule has 122 valence electrons. The molecule has 2 atom stereocenters. The Morgan fingerprint density at radius 3 is 2.91 bits per heavy atom. The Kier molecular flexibility index (Phi) is 3.67. The molecule has 0 bridgehead atoms. The first-order valence-corrected chi connectivity index (χ1v) is 8.47. The van der Waals surface area contributed by atoms with Crippen molar-refractivity contribution in [3.63, 3.8) is 0 Å². The molecule has 2 aliphatic rings. The van der Waals surface area contributed by atoms with Crippen LogP contribution in [0.25, 0.3) is 0 Å². The Balaban J connectivity index is 1.34. The largest absolute Gasteiger partial charge is 0.469 e. The topological polar surface area (TPSA) is 64.2 Å². The van der Waals surface area contributed by atoms with Crippen LogP contribution in [0.2, 0.25) is 0 Å². The maximum absolute atomic E-state index is 12.6. The lowest BCUT2D eigenvalue weighted by Gasteiger charge is -2.31. The molecule has 1 saturated carbocycles. The van der Waals surface area contributed by atoms with Crippen molar-refractivity contribution < 1.29 is 9.21 Å². The zero-order valence-electron chi connectivity index (χ0n) is 13.4. The molecule has 4 rings (SSSR count). The lowest BCUT2D eigenvalue weighted by molar-refractivity contribution is -0.133. The fourth-order valence-electron chi connectivity index (χ4n) is 3.70. The Morgan fingerprint density at radius 1 is 1.39 bits per heavy atom. The standard InChI is InChI=1S/C17H22N4O2/c1-2-20-11-18-19-16(20)12-5-7-21(8-6-12)17(22)14-10-13(14)15-4-3-9-23-15/h3-4,9,11-14H,2,5-8,10H2,1H3. The third-order valence-electron chi connectivity index (χ3n) is 5.17. The van der Waals surface area contributed by atoms with Crippen molar-refractivity contribution in [1.82, 2.24) is 19.7 Å². The summed E-state index contributed by atoms with van der Waals surface area (Å²) in [7, 11) is 0. The van der Waals surface area contributed by atoms with Gasteiger partial charge in [0.2, 0.25) is 5.91 Å². The van der Waals surface area contributed by atoms with Gasteiger partial charge in [-0.25, -0.2) is 0 Å². The molecule has 0 spiro atoms. The van der Waals surface area contributed by atoms with E-state index in [-0.39, 0.29) is 5.92 Å². The van der Waals surface area contributed by atoms with E-state index in [2.05, 4.69) is 21.7 Å². The lowest BCUT2D eigenvalue weighted by atomic mass is 9.95. The molecule has 0 N–H and O–H groups in total. The first-order chi connectivity index (χ1) is 11.3. The number of aryl methyl sites for hydroxylation is 1. The zero-order valence-corrected chi connectivity index (χ0v) is 13.4. The summed E-state index contributed by atoms with van der Waals surface area (Å²) in [6.45, 7) is 4.64. The number of piperidine rings is 1. The van der Waals surface area contributed by atoms with Gasteiger partial charge in [0.15, 0.2) is 0 Å². The number of aromatic nitrogens is 3. The van der Waals surface area contributed by atoms with Crippen molar-refractivity contribution in [3.05, 3.63) is 36.3 Å². The average molecular weight is 314 g/mol. The van der Waals surface area contributed by atoms with Gasteiger partial charge in [-0.15, -0.1) is 10.2 Å². The van der Waals surface area contributed by atoms with E-state index in [0.717, 1.165) is 50.5 Å². The molecule has 0 radical (unpaired) electrons. The number of carbonyl (C=O) groups excluding carboxylic acids is 1. The normalized spacial score (nSPS) is 24.8. The van der Waals surface area contributed by atoms with Crippen LogP contribution < -0.4 is 0 Å². The second kappa shape index (κ2) is 5.83. The number of likely N-dealkylation sites (tertiary alicyclic amines) is 1. The van der Waals surface area contributed by atoms with Gasteiger partial charge < -0.3 is 13.9 Å². The predicted octanol–water partition coefficient (Wildman–Crippen LogP) is 2.40. The Labute approximate surface area is 135 Å². The first kappa shape index (κ1) is 14.5. The first-order valence-electron chi connectivity index (χ1n) is 8.47. The Hall–Kier alpha value is -2.11. The van der Waals surface area contributed by atoms with E-state index in [1.54, 1.807) is 12.6 Å². The van der Waals surface area contributed by atoms with Gasteiger partial charge in [-0.2, -0.15) is 0 Å². The molecule has 1 aliphatic carbocycles. The lowest BCUT2D eigenvalue weighted by Crippen LogP contribution is -2.39. The number of furan rings is 1. The molecule has 2 aromatic rings. The zero-order chi connectivity index (χ0) is 15.8. The van der Waals surface area contributed by atoms with Crippen LogP contribution in [-0.4, -0.2) is 38.7 Å². The minimum atomic E-state index is 0.122. The molecule has 23 heavy (non-hydrogen) atoms. The van der Waals surface area contributed by atoms with E-state index in [1.165, 1.54) is 0 Å². The molecule has 1 aliphatic heterocycles. The minimum Gasteiger partial charge on any atom is -0.469 e. The van der Waals surface area contributed by atoms with Crippen LogP contribution in [0.3, 0.4) is 0 Å². The quantitative estimate of drug-likeness (QED) is 0.869. The van der Waals surface area contributed by atoms with Gasteiger partial charge in [0.05, 0.1) is 6.26 Å². The highest BCUT2D eigenvalue weighted by Crippen LogP contribution is 2.49. The Bertz CT molecular complexity index is 671. The summed E-state index contributed by atoms with van der Waals surface area (Å²) >= 11 is 0. The van der Waals surface area contributed by atoms with Crippen LogP contribution in [-0.2, 0) is 11.3 Å². The average Bonchev–Trinajstić information content (AvgIpc) is 3.02. The summed E-state index contributed by atoms with van der Waals surface area (Å²) in [5.74, 6) is 3.15. The van der Waals surface area contributed by atoms with Crippen molar-refractivity contribution in [2.24, 2.45) is 5.92 Å². The van der Waals surface area contributed by atoms with E-state index in [0.29, 0.717) is 17.7 Å². The molecular weight excluding hydrogens is 292 g/mol. The number of nitrogens with zero attached hydrogens (tertiary/aromatic N) is 4. The highest BCUT2D eigenvalue weighted by Gasteiger charge is 2.47. The van der Waals surface area contributed by atoms with Crippen molar-refractivity contribution in [2.75, 3.05) is 13.1 Å². The molecule has 2 unspecified atom stereocenters. The number of hydrogen-bond donors (Lipinski definition) is 0. The fourth-order valence-corrected chi connectivity index (χ4v) is 3.70. The maximum Gasteiger partial charge on any atom is 0.226 e. The summed E-state index contributed by atoms with van der Waals surface area (Å²) < 4.78 is 7.54. The number of hydrogen-bond acceptors (Lipinski definition) is 4. The van der Waals surface area contributed by atoms with Crippen molar-refractivity contribution in [1.29, 1.82) is 0 Å². The third-order valence-corrected chi connectivity index (χ3v) is 5.17. The van der Waals surface area contributed by atoms with Crippen LogP contribution in [0, 0.1) is 5.92 Å². The number of rotatable bonds is 4. The van der Waals surface area contributed by atoms with Gasteiger partial charge in [0, 0.05) is 37.4 Å². The van der Waals surface area contributed by atoms with E-state index in [9.17, 15) is 4.79 Å². The third kappa shape index (κ3) is 2.66. The molecule has 1 saturated heterocycles. The summed E-state index contributed by atoms with van der Waals surface area (Å²) in [5, 5.41) is 8.29. The summed E-state index contributed by atoms with van der Waals surface area (Å²) in [5.41, 5.74) is 0. The van der Waals surface area contributed by atoms with Crippen LogP contribution in [0.1, 0.15) is 49.6 Å². The molecule has 3 heterocycles. The van der Waals surface area contributed by atoms with Crippen LogP contribution in [0.5, 0.6) is 0 Å². The SMILES string of the molecule is CCn1cnnc1C1CCN(C(=O)C2CC2c2ccco2)CC1. The molecule has 2 aromatic heterocycles. The molecule has 1 amide bonds. The molecule has 6 heteroatoms.